The van der Waals surface area contributed by atoms with E-state index in [0.29, 0.717) is 18.8 Å². The van der Waals surface area contributed by atoms with Crippen LogP contribution in [0.25, 0.3) is 0 Å². The molecule has 0 radical (unpaired) electrons. The maximum absolute atomic E-state index is 11.9. The molecule has 0 spiro atoms. The number of rotatable bonds is 8. The van der Waals surface area contributed by atoms with Crippen molar-refractivity contribution in [3.63, 3.8) is 0 Å². The Morgan fingerprint density at radius 2 is 2.17 bits per heavy atom. The Kier molecular flexibility index (Phi) is 5.77. The zero-order valence-corrected chi connectivity index (χ0v) is 11.9. The Labute approximate surface area is 109 Å². The van der Waals surface area contributed by atoms with Gasteiger partial charge in [0.1, 0.15) is 5.82 Å². The predicted octanol–water partition coefficient (Wildman–Crippen LogP) is 0.778. The molecule has 1 rings (SSSR count). The summed E-state index contributed by atoms with van der Waals surface area (Å²) >= 11 is 0. The molecule has 0 saturated carbocycles. The fourth-order valence-corrected chi connectivity index (χ4v) is 2.77. The SMILES string of the molecule is CCC(NS(=O)(=O)CCNC(C)C)c1ncc[nH]1. The smallest absolute Gasteiger partial charge is 0.213 e. The highest BCUT2D eigenvalue weighted by Crippen LogP contribution is 2.12. The van der Waals surface area contributed by atoms with Gasteiger partial charge in [0, 0.05) is 25.0 Å². The number of H-pyrrole nitrogens is 1. The van der Waals surface area contributed by atoms with E-state index in [-0.39, 0.29) is 17.8 Å². The van der Waals surface area contributed by atoms with Gasteiger partial charge in [0.15, 0.2) is 0 Å². The zero-order valence-electron chi connectivity index (χ0n) is 11.1. The van der Waals surface area contributed by atoms with E-state index in [2.05, 4.69) is 20.0 Å². The van der Waals surface area contributed by atoms with Crippen LogP contribution >= 0.6 is 0 Å². The summed E-state index contributed by atoms with van der Waals surface area (Å²) in [6.07, 6.45) is 3.96. The molecular weight excluding hydrogens is 252 g/mol. The van der Waals surface area contributed by atoms with Crippen molar-refractivity contribution in [2.24, 2.45) is 0 Å². The van der Waals surface area contributed by atoms with Crippen molar-refractivity contribution in [3.8, 4) is 0 Å². The molecule has 0 fully saturated rings. The van der Waals surface area contributed by atoms with Crippen molar-refractivity contribution < 1.29 is 8.42 Å². The Morgan fingerprint density at radius 3 is 2.67 bits per heavy atom. The molecule has 0 aliphatic carbocycles. The van der Waals surface area contributed by atoms with E-state index in [4.69, 9.17) is 0 Å². The second-order valence-corrected chi connectivity index (χ2v) is 6.35. The molecule has 1 heterocycles. The molecule has 7 heteroatoms. The molecule has 0 aliphatic heterocycles. The van der Waals surface area contributed by atoms with Gasteiger partial charge >= 0.3 is 0 Å². The Morgan fingerprint density at radius 1 is 1.44 bits per heavy atom. The topological polar surface area (TPSA) is 86.9 Å². The highest BCUT2D eigenvalue weighted by molar-refractivity contribution is 7.89. The lowest BCUT2D eigenvalue weighted by molar-refractivity contribution is 0.533. The van der Waals surface area contributed by atoms with Gasteiger partial charge in [0.25, 0.3) is 0 Å². The first-order valence-corrected chi connectivity index (χ1v) is 7.82. The number of sulfonamides is 1. The number of aromatic nitrogens is 2. The van der Waals surface area contributed by atoms with Crippen molar-refractivity contribution in [1.82, 2.24) is 20.0 Å². The standard InChI is InChI=1S/C11H22N4O2S/c1-4-10(11-13-5-6-14-11)15-18(16,17)8-7-12-9(2)3/h5-6,9-10,12,15H,4,7-8H2,1-3H3,(H,13,14). The number of imidazole rings is 1. The van der Waals surface area contributed by atoms with E-state index in [1.165, 1.54) is 0 Å². The third-order valence-corrected chi connectivity index (χ3v) is 3.89. The molecule has 0 aromatic carbocycles. The largest absolute Gasteiger partial charge is 0.347 e. The summed E-state index contributed by atoms with van der Waals surface area (Å²) in [6.45, 7) is 6.33. The van der Waals surface area contributed by atoms with Crippen LogP contribution in [0.2, 0.25) is 0 Å². The van der Waals surface area contributed by atoms with E-state index >= 15 is 0 Å². The Bertz CT molecular complexity index is 428. The molecule has 18 heavy (non-hydrogen) atoms. The number of nitrogens with one attached hydrogen (secondary N) is 3. The van der Waals surface area contributed by atoms with Crippen molar-refractivity contribution in [2.75, 3.05) is 12.3 Å². The summed E-state index contributed by atoms with van der Waals surface area (Å²) in [4.78, 5) is 7.01. The van der Waals surface area contributed by atoms with Crippen molar-refractivity contribution in [1.29, 1.82) is 0 Å². The minimum Gasteiger partial charge on any atom is -0.347 e. The molecule has 3 N–H and O–H groups in total. The van der Waals surface area contributed by atoms with E-state index in [1.54, 1.807) is 12.4 Å². The summed E-state index contributed by atoms with van der Waals surface area (Å²) in [5.41, 5.74) is 0. The predicted molar refractivity (Wildman–Crippen MR) is 71.7 cm³/mol. The molecule has 0 aliphatic rings. The molecule has 1 aromatic heterocycles. The van der Waals surface area contributed by atoms with Crippen LogP contribution in [-0.4, -0.2) is 36.7 Å². The first-order valence-electron chi connectivity index (χ1n) is 6.17. The average Bonchev–Trinajstić information content (AvgIpc) is 2.78. The third kappa shape index (κ3) is 5.16. The summed E-state index contributed by atoms with van der Waals surface area (Å²) in [6, 6.07) is -0.00343. The lowest BCUT2D eigenvalue weighted by atomic mass is 10.2. The van der Waals surface area contributed by atoms with Crippen LogP contribution in [0, 0.1) is 0 Å². The van der Waals surface area contributed by atoms with Crippen LogP contribution in [0.3, 0.4) is 0 Å². The second kappa shape index (κ2) is 6.86. The van der Waals surface area contributed by atoms with Crippen LogP contribution in [0.5, 0.6) is 0 Å². The molecule has 104 valence electrons. The lowest BCUT2D eigenvalue weighted by Gasteiger charge is -2.15. The molecular formula is C11H22N4O2S. The van der Waals surface area contributed by atoms with Crippen LogP contribution < -0.4 is 10.0 Å². The Hall–Kier alpha value is -0.920. The fraction of sp³-hybridized carbons (Fsp3) is 0.727. The van der Waals surface area contributed by atoms with Crippen LogP contribution in [0.15, 0.2) is 12.4 Å². The van der Waals surface area contributed by atoms with E-state index in [9.17, 15) is 8.42 Å². The zero-order chi connectivity index (χ0) is 13.6. The van der Waals surface area contributed by atoms with Crippen LogP contribution in [0.4, 0.5) is 0 Å². The normalized spacial score (nSPS) is 14.0. The van der Waals surface area contributed by atoms with Gasteiger partial charge in [0.05, 0.1) is 11.8 Å². The minimum absolute atomic E-state index is 0.0718. The summed E-state index contributed by atoms with van der Waals surface area (Å²) in [7, 11) is -3.29. The summed E-state index contributed by atoms with van der Waals surface area (Å²) in [5.74, 6) is 0.723. The monoisotopic (exact) mass is 274 g/mol. The number of hydrogen-bond acceptors (Lipinski definition) is 4. The van der Waals surface area contributed by atoms with Gasteiger partial charge in [-0.25, -0.2) is 18.1 Å². The molecule has 1 aromatic rings. The Balaban J connectivity index is 2.53. The van der Waals surface area contributed by atoms with Gasteiger partial charge in [-0.15, -0.1) is 0 Å². The van der Waals surface area contributed by atoms with Crippen molar-refractivity contribution in [2.45, 2.75) is 39.3 Å². The highest BCUT2D eigenvalue weighted by Gasteiger charge is 2.19. The van der Waals surface area contributed by atoms with Gasteiger partial charge in [-0.1, -0.05) is 20.8 Å². The molecule has 6 nitrogen and oxygen atoms in total. The molecule has 0 bridgehead atoms. The first kappa shape index (κ1) is 15.1. The highest BCUT2D eigenvalue weighted by atomic mass is 32.2. The minimum atomic E-state index is -3.29. The average molecular weight is 274 g/mol. The van der Waals surface area contributed by atoms with E-state index < -0.39 is 10.0 Å². The molecule has 1 unspecified atom stereocenters. The summed E-state index contributed by atoms with van der Waals surface area (Å²) < 4.78 is 26.4. The summed E-state index contributed by atoms with van der Waals surface area (Å²) in [5, 5.41) is 3.09. The van der Waals surface area contributed by atoms with Crippen molar-refractivity contribution in [3.05, 3.63) is 18.2 Å². The lowest BCUT2D eigenvalue weighted by Crippen LogP contribution is -2.36. The number of aromatic amines is 1. The van der Waals surface area contributed by atoms with Crippen molar-refractivity contribution >= 4 is 10.0 Å². The quantitative estimate of drug-likeness (QED) is 0.654. The third-order valence-electron chi connectivity index (χ3n) is 2.50. The fourth-order valence-electron chi connectivity index (χ4n) is 1.56. The number of nitrogens with zero attached hydrogens (tertiary/aromatic N) is 1. The maximum atomic E-state index is 11.9. The maximum Gasteiger partial charge on any atom is 0.213 e. The first-order chi connectivity index (χ1) is 8.44. The van der Waals surface area contributed by atoms with E-state index in [1.807, 2.05) is 20.8 Å². The number of hydrogen-bond donors (Lipinski definition) is 3. The second-order valence-electron chi connectivity index (χ2n) is 4.48. The van der Waals surface area contributed by atoms with Gasteiger partial charge in [-0.3, -0.25) is 0 Å². The molecule has 0 saturated heterocycles. The van der Waals surface area contributed by atoms with Crippen LogP contribution in [-0.2, 0) is 10.0 Å². The molecule has 0 amide bonds. The van der Waals surface area contributed by atoms with E-state index in [0.717, 1.165) is 0 Å². The molecule has 1 atom stereocenters. The van der Waals surface area contributed by atoms with Gasteiger partial charge in [-0.05, 0) is 6.42 Å². The van der Waals surface area contributed by atoms with Gasteiger partial charge in [0.2, 0.25) is 10.0 Å². The van der Waals surface area contributed by atoms with Gasteiger partial charge in [-0.2, -0.15) is 0 Å². The van der Waals surface area contributed by atoms with Gasteiger partial charge < -0.3 is 10.3 Å². The van der Waals surface area contributed by atoms with Crippen LogP contribution in [0.1, 0.15) is 39.1 Å².